The number of amides is 4. The molecule has 10 heteroatoms. The van der Waals surface area contributed by atoms with Gasteiger partial charge in [0.25, 0.3) is 11.8 Å². The molecule has 0 atom stereocenters. The molecule has 9 nitrogen and oxygen atoms in total. The Balaban J connectivity index is 1.85. The topological polar surface area (TPSA) is 106 Å². The third-order valence-electron chi connectivity index (χ3n) is 4.92. The Morgan fingerprint density at radius 1 is 1.11 bits per heavy atom. The summed E-state index contributed by atoms with van der Waals surface area (Å²) >= 11 is 3.41. The van der Waals surface area contributed by atoms with Gasteiger partial charge in [0, 0.05) is 13.1 Å². The first-order valence-electron chi connectivity index (χ1n) is 8.28. The average molecular weight is 442 g/mol. The van der Waals surface area contributed by atoms with Crippen LogP contribution in [0.25, 0.3) is 0 Å². The molecule has 1 aromatic carbocycles. The first-order chi connectivity index (χ1) is 12.9. The minimum Gasteiger partial charge on any atom is -0.493 e. The molecule has 1 spiro atoms. The summed E-state index contributed by atoms with van der Waals surface area (Å²) in [6, 6.07) is 1.09. The molecular weight excluding hydrogens is 422 g/mol. The standard InChI is InChI=1S/C17H20BrN3O6/c1-25-10-8-9(11(18)13(27-3)12(10)26-2)14(22)21-6-4-17(5-7-21)15(23)19-16(24)20-17/h8H,4-7H2,1-3H3,(H2,19,20,23,24). The minimum absolute atomic E-state index is 0.235. The van der Waals surface area contributed by atoms with Gasteiger partial charge in [-0.1, -0.05) is 0 Å². The molecule has 0 radical (unpaired) electrons. The van der Waals surface area contributed by atoms with E-state index in [-0.39, 0.29) is 11.8 Å². The van der Waals surface area contributed by atoms with Crippen LogP contribution >= 0.6 is 15.9 Å². The monoisotopic (exact) mass is 441 g/mol. The third-order valence-corrected chi connectivity index (χ3v) is 5.71. The van der Waals surface area contributed by atoms with Crippen LogP contribution in [-0.4, -0.2) is 62.7 Å². The number of likely N-dealkylation sites (tertiary alicyclic amines) is 1. The number of benzene rings is 1. The molecule has 2 saturated heterocycles. The highest BCUT2D eigenvalue weighted by atomic mass is 79.9. The van der Waals surface area contributed by atoms with Crippen LogP contribution < -0.4 is 24.8 Å². The van der Waals surface area contributed by atoms with Crippen molar-refractivity contribution in [3.63, 3.8) is 0 Å². The Hall–Kier alpha value is -2.49. The van der Waals surface area contributed by atoms with Crippen molar-refractivity contribution in [3.05, 3.63) is 16.1 Å². The van der Waals surface area contributed by atoms with Crippen molar-refractivity contribution in [2.75, 3.05) is 34.4 Å². The lowest BCUT2D eigenvalue weighted by atomic mass is 9.87. The third kappa shape index (κ3) is 3.18. The van der Waals surface area contributed by atoms with Gasteiger partial charge < -0.3 is 24.4 Å². The molecule has 2 aliphatic heterocycles. The second-order valence-electron chi connectivity index (χ2n) is 6.29. The Morgan fingerprint density at radius 3 is 2.22 bits per heavy atom. The minimum atomic E-state index is -0.930. The van der Waals surface area contributed by atoms with Gasteiger partial charge in [-0.25, -0.2) is 4.79 Å². The van der Waals surface area contributed by atoms with E-state index in [0.717, 1.165) is 0 Å². The summed E-state index contributed by atoms with van der Waals surface area (Å²) in [5.41, 5.74) is -0.569. The smallest absolute Gasteiger partial charge is 0.322 e. The molecule has 0 saturated carbocycles. The number of rotatable bonds is 4. The molecule has 4 amide bonds. The second-order valence-corrected chi connectivity index (χ2v) is 7.08. The van der Waals surface area contributed by atoms with E-state index in [2.05, 4.69) is 26.6 Å². The number of carbonyl (C=O) groups is 3. The lowest BCUT2D eigenvalue weighted by molar-refractivity contribution is -0.125. The van der Waals surface area contributed by atoms with E-state index in [4.69, 9.17) is 14.2 Å². The highest BCUT2D eigenvalue weighted by Gasteiger charge is 2.48. The first-order valence-corrected chi connectivity index (χ1v) is 9.07. The Bertz CT molecular complexity index is 804. The van der Waals surface area contributed by atoms with Gasteiger partial charge in [0.2, 0.25) is 5.75 Å². The summed E-state index contributed by atoms with van der Waals surface area (Å²) < 4.78 is 16.5. The molecule has 0 unspecified atom stereocenters. The summed E-state index contributed by atoms with van der Waals surface area (Å²) in [5.74, 6) is 0.536. The summed E-state index contributed by atoms with van der Waals surface area (Å²) in [6.45, 7) is 0.658. The fourth-order valence-corrected chi connectivity index (χ4v) is 4.04. The Kier molecular flexibility index (Phi) is 5.18. The van der Waals surface area contributed by atoms with Crippen molar-refractivity contribution >= 4 is 33.8 Å². The summed E-state index contributed by atoms with van der Waals surface area (Å²) in [7, 11) is 4.44. The van der Waals surface area contributed by atoms with Crippen LogP contribution in [0.2, 0.25) is 0 Å². The van der Waals surface area contributed by atoms with E-state index < -0.39 is 11.6 Å². The van der Waals surface area contributed by atoms with E-state index in [1.165, 1.54) is 21.3 Å². The molecule has 0 bridgehead atoms. The zero-order valence-electron chi connectivity index (χ0n) is 15.2. The first kappa shape index (κ1) is 19.3. The van der Waals surface area contributed by atoms with Crippen LogP contribution in [0.5, 0.6) is 17.2 Å². The number of imide groups is 1. The maximum atomic E-state index is 13.1. The van der Waals surface area contributed by atoms with Crippen molar-refractivity contribution in [1.29, 1.82) is 0 Å². The predicted molar refractivity (Wildman–Crippen MR) is 98.3 cm³/mol. The maximum absolute atomic E-state index is 13.1. The largest absolute Gasteiger partial charge is 0.493 e. The zero-order chi connectivity index (χ0) is 19.8. The quantitative estimate of drug-likeness (QED) is 0.681. The second kappa shape index (κ2) is 7.26. The molecule has 2 heterocycles. The van der Waals surface area contributed by atoms with Gasteiger partial charge in [0.05, 0.1) is 31.4 Å². The summed E-state index contributed by atoms with van der Waals surface area (Å²) in [5, 5.41) is 4.94. The number of hydrogen-bond acceptors (Lipinski definition) is 6. The van der Waals surface area contributed by atoms with Gasteiger partial charge in [-0.15, -0.1) is 0 Å². The van der Waals surface area contributed by atoms with Crippen molar-refractivity contribution in [1.82, 2.24) is 15.5 Å². The molecule has 2 fully saturated rings. The number of carbonyl (C=O) groups excluding carboxylic acids is 3. The number of methoxy groups -OCH3 is 3. The van der Waals surface area contributed by atoms with Gasteiger partial charge in [-0.05, 0) is 34.8 Å². The van der Waals surface area contributed by atoms with Crippen LogP contribution in [0.15, 0.2) is 10.5 Å². The number of ether oxygens (including phenoxy) is 3. The van der Waals surface area contributed by atoms with Crippen LogP contribution in [0.4, 0.5) is 4.79 Å². The molecule has 2 aliphatic rings. The molecule has 1 aromatic rings. The van der Waals surface area contributed by atoms with E-state index in [9.17, 15) is 14.4 Å². The highest BCUT2D eigenvalue weighted by Crippen LogP contribution is 2.45. The van der Waals surface area contributed by atoms with E-state index in [0.29, 0.717) is 53.2 Å². The van der Waals surface area contributed by atoms with Gasteiger partial charge in [-0.3, -0.25) is 14.9 Å². The summed E-state index contributed by atoms with van der Waals surface area (Å²) in [4.78, 5) is 38.2. The highest BCUT2D eigenvalue weighted by molar-refractivity contribution is 9.10. The number of nitrogens with one attached hydrogen (secondary N) is 2. The predicted octanol–water partition coefficient (Wildman–Crippen LogP) is 1.29. The number of urea groups is 1. The van der Waals surface area contributed by atoms with E-state index in [1.54, 1.807) is 11.0 Å². The van der Waals surface area contributed by atoms with Crippen LogP contribution in [0.3, 0.4) is 0 Å². The molecule has 0 aliphatic carbocycles. The molecule has 3 rings (SSSR count). The lowest BCUT2D eigenvalue weighted by Crippen LogP contribution is -2.55. The van der Waals surface area contributed by atoms with E-state index in [1.807, 2.05) is 0 Å². The van der Waals surface area contributed by atoms with Crippen molar-refractivity contribution in [2.45, 2.75) is 18.4 Å². The van der Waals surface area contributed by atoms with E-state index >= 15 is 0 Å². The van der Waals surface area contributed by atoms with Gasteiger partial charge >= 0.3 is 6.03 Å². The maximum Gasteiger partial charge on any atom is 0.322 e. The van der Waals surface area contributed by atoms with Crippen LogP contribution in [-0.2, 0) is 4.79 Å². The molecule has 146 valence electrons. The van der Waals surface area contributed by atoms with Crippen molar-refractivity contribution < 1.29 is 28.6 Å². The average Bonchev–Trinajstić information content (AvgIpc) is 2.94. The number of halogens is 1. The lowest BCUT2D eigenvalue weighted by Gasteiger charge is -2.37. The fraction of sp³-hybridized carbons (Fsp3) is 0.471. The Labute approximate surface area is 164 Å². The molecule has 2 N–H and O–H groups in total. The van der Waals surface area contributed by atoms with Crippen molar-refractivity contribution in [2.24, 2.45) is 0 Å². The fourth-order valence-electron chi connectivity index (χ4n) is 3.42. The normalized spacial score (nSPS) is 18.1. The zero-order valence-corrected chi connectivity index (χ0v) is 16.8. The summed E-state index contributed by atoms with van der Waals surface area (Å²) in [6.07, 6.45) is 0.691. The molecular formula is C17H20BrN3O6. The number of nitrogens with zero attached hydrogens (tertiary/aromatic N) is 1. The molecule has 27 heavy (non-hydrogen) atoms. The SMILES string of the molecule is COc1cc(C(=O)N2CCC3(CC2)NC(=O)NC3=O)c(Br)c(OC)c1OC. The van der Waals surface area contributed by atoms with Gasteiger partial charge in [-0.2, -0.15) is 0 Å². The van der Waals surface area contributed by atoms with Crippen LogP contribution in [0.1, 0.15) is 23.2 Å². The van der Waals surface area contributed by atoms with Gasteiger partial charge in [0.1, 0.15) is 5.54 Å². The number of piperidine rings is 1. The Morgan fingerprint density at radius 2 is 1.74 bits per heavy atom. The van der Waals surface area contributed by atoms with Crippen molar-refractivity contribution in [3.8, 4) is 17.2 Å². The van der Waals surface area contributed by atoms with Gasteiger partial charge in [0.15, 0.2) is 11.5 Å². The number of hydrogen-bond donors (Lipinski definition) is 2. The molecule has 0 aromatic heterocycles. The van der Waals surface area contributed by atoms with Crippen LogP contribution in [0, 0.1) is 0 Å².